The molecule has 0 unspecified atom stereocenters. The molecule has 0 bridgehead atoms. The minimum Gasteiger partial charge on any atom is -0.326 e. The maximum Gasteiger partial charge on any atom is 0.224 e. The smallest absolute Gasteiger partial charge is 0.224 e. The van der Waals surface area contributed by atoms with Gasteiger partial charge in [0.25, 0.3) is 0 Å². The molecule has 3 rings (SSSR count). The van der Waals surface area contributed by atoms with Crippen molar-refractivity contribution < 1.29 is 4.79 Å². The van der Waals surface area contributed by atoms with Crippen molar-refractivity contribution in [2.24, 2.45) is 0 Å². The molecule has 0 radical (unpaired) electrons. The van der Waals surface area contributed by atoms with Gasteiger partial charge in [-0.05, 0) is 36.1 Å². The Morgan fingerprint density at radius 1 is 1.15 bits per heavy atom. The van der Waals surface area contributed by atoms with E-state index >= 15 is 0 Å². The molecule has 3 aromatic rings. The number of nitrogens with one attached hydrogen (secondary N) is 1. The summed E-state index contributed by atoms with van der Waals surface area (Å²) in [5.41, 5.74) is 2.36. The lowest BCUT2D eigenvalue weighted by molar-refractivity contribution is -0.116. The zero-order valence-electron chi connectivity index (χ0n) is 10.7. The standard InChI is InChI=1S/C15H13N3OS/c19-15(6-4-12-2-1-9-20-12)18-11-3-5-13-14(10-11)17-8-7-16-13/h1-3,5,7-10H,4,6H2,(H,18,19). The Morgan fingerprint density at radius 3 is 2.80 bits per heavy atom. The summed E-state index contributed by atoms with van der Waals surface area (Å²) in [6, 6.07) is 9.59. The molecule has 2 aromatic heterocycles. The van der Waals surface area contributed by atoms with Crippen LogP contribution < -0.4 is 5.32 Å². The van der Waals surface area contributed by atoms with Crippen molar-refractivity contribution in [3.05, 3.63) is 53.0 Å². The molecular weight excluding hydrogens is 270 g/mol. The Labute approximate surface area is 120 Å². The van der Waals surface area contributed by atoms with Gasteiger partial charge in [0, 0.05) is 29.4 Å². The molecule has 0 aliphatic heterocycles. The van der Waals surface area contributed by atoms with Crippen LogP contribution in [0.4, 0.5) is 5.69 Å². The van der Waals surface area contributed by atoms with E-state index in [4.69, 9.17) is 0 Å². The molecule has 100 valence electrons. The number of nitrogens with zero attached hydrogens (tertiary/aromatic N) is 2. The highest BCUT2D eigenvalue weighted by Gasteiger charge is 2.05. The van der Waals surface area contributed by atoms with E-state index in [-0.39, 0.29) is 5.91 Å². The van der Waals surface area contributed by atoms with E-state index in [1.54, 1.807) is 23.7 Å². The number of carbonyl (C=O) groups excluding carboxylic acids is 1. The van der Waals surface area contributed by atoms with Crippen LogP contribution in [-0.4, -0.2) is 15.9 Å². The van der Waals surface area contributed by atoms with Gasteiger partial charge in [0.1, 0.15) is 0 Å². The molecule has 0 aliphatic carbocycles. The van der Waals surface area contributed by atoms with Crippen LogP contribution in [0.15, 0.2) is 48.1 Å². The molecular formula is C15H13N3OS. The van der Waals surface area contributed by atoms with E-state index in [0.29, 0.717) is 6.42 Å². The quantitative estimate of drug-likeness (QED) is 0.799. The molecule has 4 nitrogen and oxygen atoms in total. The van der Waals surface area contributed by atoms with E-state index in [0.717, 1.165) is 23.1 Å². The Kier molecular flexibility index (Phi) is 3.69. The van der Waals surface area contributed by atoms with Crippen molar-refractivity contribution in [1.29, 1.82) is 0 Å². The topological polar surface area (TPSA) is 54.9 Å². The van der Waals surface area contributed by atoms with Crippen molar-refractivity contribution in [3.8, 4) is 0 Å². The molecule has 0 saturated heterocycles. The second-order valence-corrected chi connectivity index (χ2v) is 5.42. The molecule has 0 fully saturated rings. The average Bonchev–Trinajstić information content (AvgIpc) is 2.98. The summed E-state index contributed by atoms with van der Waals surface area (Å²) in [7, 11) is 0. The van der Waals surface area contributed by atoms with Crippen LogP contribution in [0.3, 0.4) is 0 Å². The van der Waals surface area contributed by atoms with E-state index in [9.17, 15) is 4.79 Å². The Balaban J connectivity index is 1.65. The Hall–Kier alpha value is -2.27. The van der Waals surface area contributed by atoms with Crippen LogP contribution in [0.25, 0.3) is 11.0 Å². The van der Waals surface area contributed by atoms with Crippen LogP contribution in [0.5, 0.6) is 0 Å². The SMILES string of the molecule is O=C(CCc1cccs1)Nc1ccc2nccnc2c1. The van der Waals surface area contributed by atoms with Crippen LogP contribution >= 0.6 is 11.3 Å². The number of aromatic nitrogens is 2. The second kappa shape index (κ2) is 5.79. The predicted molar refractivity (Wildman–Crippen MR) is 80.8 cm³/mol. The summed E-state index contributed by atoms with van der Waals surface area (Å²) < 4.78 is 0. The van der Waals surface area contributed by atoms with Crippen LogP contribution in [0.1, 0.15) is 11.3 Å². The number of rotatable bonds is 4. The summed E-state index contributed by atoms with van der Waals surface area (Å²) in [6.45, 7) is 0. The third-order valence-corrected chi connectivity index (χ3v) is 3.87. The summed E-state index contributed by atoms with van der Waals surface area (Å²) >= 11 is 1.67. The fourth-order valence-corrected chi connectivity index (χ4v) is 2.67. The zero-order chi connectivity index (χ0) is 13.8. The molecule has 0 saturated carbocycles. The fraction of sp³-hybridized carbons (Fsp3) is 0.133. The first-order valence-electron chi connectivity index (χ1n) is 6.34. The van der Waals surface area contributed by atoms with Crippen molar-refractivity contribution in [2.45, 2.75) is 12.8 Å². The van der Waals surface area contributed by atoms with Gasteiger partial charge in [-0.15, -0.1) is 11.3 Å². The maximum atomic E-state index is 11.9. The monoisotopic (exact) mass is 283 g/mol. The van der Waals surface area contributed by atoms with Gasteiger partial charge in [-0.25, -0.2) is 0 Å². The van der Waals surface area contributed by atoms with Crippen molar-refractivity contribution in [3.63, 3.8) is 0 Å². The predicted octanol–water partition coefficient (Wildman–Crippen LogP) is 3.26. The second-order valence-electron chi connectivity index (χ2n) is 4.39. The maximum absolute atomic E-state index is 11.9. The number of hydrogen-bond donors (Lipinski definition) is 1. The molecule has 2 heterocycles. The Morgan fingerprint density at radius 2 is 2.00 bits per heavy atom. The number of hydrogen-bond acceptors (Lipinski definition) is 4. The Bertz CT molecular complexity index is 725. The first kappa shape index (κ1) is 12.7. The third-order valence-electron chi connectivity index (χ3n) is 2.93. The largest absolute Gasteiger partial charge is 0.326 e. The summed E-state index contributed by atoms with van der Waals surface area (Å²) in [5.74, 6) is 0.0154. The first-order valence-corrected chi connectivity index (χ1v) is 7.22. The van der Waals surface area contributed by atoms with Crippen molar-refractivity contribution in [2.75, 3.05) is 5.32 Å². The number of carbonyl (C=O) groups is 1. The van der Waals surface area contributed by atoms with Crippen LogP contribution in [-0.2, 0) is 11.2 Å². The molecule has 1 N–H and O–H groups in total. The third kappa shape index (κ3) is 3.00. The highest BCUT2D eigenvalue weighted by molar-refractivity contribution is 7.09. The van der Waals surface area contributed by atoms with E-state index in [1.807, 2.05) is 35.7 Å². The number of aryl methyl sites for hydroxylation is 1. The molecule has 20 heavy (non-hydrogen) atoms. The van der Waals surface area contributed by atoms with Gasteiger partial charge < -0.3 is 5.32 Å². The number of amides is 1. The molecule has 0 atom stereocenters. The summed E-state index contributed by atoms with van der Waals surface area (Å²) in [5, 5.41) is 4.92. The van der Waals surface area contributed by atoms with Gasteiger partial charge in [0.2, 0.25) is 5.91 Å². The van der Waals surface area contributed by atoms with E-state index < -0.39 is 0 Å². The number of fused-ring (bicyclic) bond motifs is 1. The fourth-order valence-electron chi connectivity index (χ4n) is 1.96. The van der Waals surface area contributed by atoms with Crippen LogP contribution in [0.2, 0.25) is 0 Å². The number of benzene rings is 1. The molecule has 1 amide bonds. The number of anilines is 1. The van der Waals surface area contributed by atoms with Crippen molar-refractivity contribution >= 4 is 34.0 Å². The summed E-state index contributed by atoms with van der Waals surface area (Å²) in [4.78, 5) is 21.5. The molecule has 1 aromatic carbocycles. The summed E-state index contributed by atoms with van der Waals surface area (Å²) in [6.07, 6.45) is 4.56. The van der Waals surface area contributed by atoms with E-state index in [2.05, 4.69) is 15.3 Å². The minimum absolute atomic E-state index is 0.0154. The lowest BCUT2D eigenvalue weighted by Gasteiger charge is -2.05. The lowest BCUT2D eigenvalue weighted by atomic mass is 10.2. The number of thiophene rings is 1. The highest BCUT2D eigenvalue weighted by atomic mass is 32.1. The zero-order valence-corrected chi connectivity index (χ0v) is 11.6. The molecule has 0 spiro atoms. The van der Waals surface area contributed by atoms with Gasteiger partial charge in [-0.2, -0.15) is 0 Å². The van der Waals surface area contributed by atoms with Gasteiger partial charge >= 0.3 is 0 Å². The highest BCUT2D eigenvalue weighted by Crippen LogP contribution is 2.16. The van der Waals surface area contributed by atoms with Crippen LogP contribution in [0, 0.1) is 0 Å². The van der Waals surface area contributed by atoms with Gasteiger partial charge in [-0.1, -0.05) is 6.07 Å². The normalized spacial score (nSPS) is 10.6. The molecule has 0 aliphatic rings. The van der Waals surface area contributed by atoms with E-state index in [1.165, 1.54) is 4.88 Å². The van der Waals surface area contributed by atoms with Gasteiger partial charge in [0.15, 0.2) is 0 Å². The lowest BCUT2D eigenvalue weighted by Crippen LogP contribution is -2.12. The average molecular weight is 283 g/mol. The first-order chi connectivity index (χ1) is 9.81. The molecule has 5 heteroatoms. The van der Waals surface area contributed by atoms with Gasteiger partial charge in [0.05, 0.1) is 11.0 Å². The van der Waals surface area contributed by atoms with Crippen molar-refractivity contribution in [1.82, 2.24) is 9.97 Å². The minimum atomic E-state index is 0.0154. The van der Waals surface area contributed by atoms with Gasteiger partial charge in [-0.3, -0.25) is 14.8 Å².